The molecule has 0 aliphatic carbocycles. The highest BCUT2D eigenvalue weighted by atomic mass is 16.2. The molecule has 0 bridgehead atoms. The summed E-state index contributed by atoms with van der Waals surface area (Å²) in [5, 5.41) is 0. The lowest BCUT2D eigenvalue weighted by Gasteiger charge is -2.32. The molecule has 1 atom stereocenters. The first-order valence-corrected chi connectivity index (χ1v) is 8.69. The van der Waals surface area contributed by atoms with E-state index < -0.39 is 0 Å². The minimum atomic E-state index is 0.0970. The van der Waals surface area contributed by atoms with Gasteiger partial charge in [-0.1, -0.05) is 20.8 Å². The fourth-order valence-electron chi connectivity index (χ4n) is 3.47. The Morgan fingerprint density at radius 3 is 2.59 bits per heavy atom. The van der Waals surface area contributed by atoms with Gasteiger partial charge in [0.25, 0.3) is 0 Å². The summed E-state index contributed by atoms with van der Waals surface area (Å²) in [6.07, 6.45) is 4.04. The third-order valence-corrected chi connectivity index (χ3v) is 4.96. The van der Waals surface area contributed by atoms with E-state index in [1.807, 2.05) is 4.90 Å². The number of hydrogen-bond donors (Lipinski definition) is 0. The fraction of sp³-hybridized carbons (Fsp3) is 0.778. The van der Waals surface area contributed by atoms with Gasteiger partial charge in [0, 0.05) is 30.9 Å². The standard InChI is InChI=1S/C18H31N3O/c1-6-15(13(2)3)19-16-9-11-21(12-14(16)4)18(22)17-8-7-10-20(17)5/h13,17H,6-12H2,1-5H3/b19-15+/t17-/m0/s1. The summed E-state index contributed by atoms with van der Waals surface area (Å²) in [6.45, 7) is 11.3. The van der Waals surface area contributed by atoms with Crippen molar-refractivity contribution >= 4 is 11.6 Å². The highest BCUT2D eigenvalue weighted by Crippen LogP contribution is 2.24. The van der Waals surface area contributed by atoms with Gasteiger partial charge >= 0.3 is 0 Å². The Balaban J connectivity index is 2.07. The second-order valence-electron chi connectivity index (χ2n) is 6.99. The van der Waals surface area contributed by atoms with Crippen molar-refractivity contribution in [2.45, 2.75) is 59.4 Å². The maximum Gasteiger partial charge on any atom is 0.240 e. The molecule has 1 amide bonds. The van der Waals surface area contributed by atoms with Crippen LogP contribution in [0.1, 0.15) is 53.4 Å². The average molecular weight is 305 g/mol. The van der Waals surface area contributed by atoms with Crippen molar-refractivity contribution in [3.63, 3.8) is 0 Å². The van der Waals surface area contributed by atoms with Crippen LogP contribution >= 0.6 is 0 Å². The molecule has 0 saturated carbocycles. The number of hydrogen-bond acceptors (Lipinski definition) is 3. The third kappa shape index (κ3) is 3.78. The van der Waals surface area contributed by atoms with Crippen LogP contribution in [0.25, 0.3) is 0 Å². The minimum absolute atomic E-state index is 0.0970. The van der Waals surface area contributed by atoms with Gasteiger partial charge < -0.3 is 4.90 Å². The first-order chi connectivity index (χ1) is 10.4. The lowest BCUT2D eigenvalue weighted by molar-refractivity contribution is -0.135. The number of carbonyl (C=O) groups is 1. The maximum absolute atomic E-state index is 12.7. The maximum atomic E-state index is 12.7. The predicted octanol–water partition coefficient (Wildman–Crippen LogP) is 3.09. The highest BCUT2D eigenvalue weighted by molar-refractivity contribution is 5.87. The molecule has 1 fully saturated rings. The molecule has 0 spiro atoms. The summed E-state index contributed by atoms with van der Waals surface area (Å²) in [5.74, 6) is 0.805. The number of carbonyl (C=O) groups excluding carboxylic acids is 1. The van der Waals surface area contributed by atoms with Crippen LogP contribution in [-0.4, -0.2) is 54.1 Å². The molecule has 2 aliphatic heterocycles. The van der Waals surface area contributed by atoms with Crippen LogP contribution in [0, 0.1) is 5.92 Å². The predicted molar refractivity (Wildman–Crippen MR) is 92.1 cm³/mol. The van der Waals surface area contributed by atoms with Gasteiger partial charge in [-0.3, -0.25) is 14.7 Å². The number of amides is 1. The Labute approximate surface area is 135 Å². The van der Waals surface area contributed by atoms with Crippen molar-refractivity contribution in [3.8, 4) is 0 Å². The van der Waals surface area contributed by atoms with Gasteiger partial charge in [-0.05, 0) is 51.3 Å². The third-order valence-electron chi connectivity index (χ3n) is 4.96. The summed E-state index contributed by atoms with van der Waals surface area (Å²) < 4.78 is 0. The van der Waals surface area contributed by atoms with Crippen LogP contribution in [0.5, 0.6) is 0 Å². The first-order valence-electron chi connectivity index (χ1n) is 8.69. The van der Waals surface area contributed by atoms with Gasteiger partial charge in [0.2, 0.25) is 5.91 Å². The molecule has 2 rings (SSSR count). The van der Waals surface area contributed by atoms with Gasteiger partial charge in [-0.25, -0.2) is 0 Å². The largest absolute Gasteiger partial charge is 0.337 e. The Morgan fingerprint density at radius 2 is 2.09 bits per heavy atom. The minimum Gasteiger partial charge on any atom is -0.337 e. The lowest BCUT2D eigenvalue weighted by atomic mass is 10.0. The van der Waals surface area contributed by atoms with Crippen molar-refractivity contribution < 1.29 is 4.79 Å². The molecule has 0 unspecified atom stereocenters. The Morgan fingerprint density at radius 1 is 1.36 bits per heavy atom. The molecular weight excluding hydrogens is 274 g/mol. The summed E-state index contributed by atoms with van der Waals surface area (Å²) in [5.41, 5.74) is 3.73. The molecule has 4 heteroatoms. The first kappa shape index (κ1) is 17.2. The smallest absolute Gasteiger partial charge is 0.240 e. The number of likely N-dealkylation sites (tertiary alicyclic amines) is 1. The van der Waals surface area contributed by atoms with Crippen molar-refractivity contribution in [1.82, 2.24) is 9.80 Å². The van der Waals surface area contributed by atoms with Gasteiger partial charge in [-0.2, -0.15) is 0 Å². The average Bonchev–Trinajstić information content (AvgIpc) is 2.91. The molecule has 2 aliphatic rings. The van der Waals surface area contributed by atoms with Crippen molar-refractivity contribution in [3.05, 3.63) is 11.3 Å². The van der Waals surface area contributed by atoms with E-state index in [0.29, 0.717) is 11.8 Å². The normalized spacial score (nSPS) is 24.5. The summed E-state index contributed by atoms with van der Waals surface area (Å²) in [7, 11) is 2.06. The number of likely N-dealkylation sites (N-methyl/N-ethyl adjacent to an activating group) is 1. The zero-order valence-corrected chi connectivity index (χ0v) is 14.9. The zero-order valence-electron chi connectivity index (χ0n) is 14.9. The number of nitrogens with zero attached hydrogens (tertiary/aromatic N) is 3. The Bertz CT molecular complexity index is 479. The summed E-state index contributed by atoms with van der Waals surface area (Å²) >= 11 is 0. The SMILES string of the molecule is CC/C(=N\C1=C(C)CN(C(=O)[C@@H]2CCCN2C)CC1)C(C)C. The van der Waals surface area contributed by atoms with Crippen LogP contribution in [0.4, 0.5) is 0 Å². The zero-order chi connectivity index (χ0) is 16.3. The molecule has 0 aromatic rings. The van der Waals surface area contributed by atoms with E-state index in [9.17, 15) is 4.79 Å². The molecule has 0 N–H and O–H groups in total. The van der Waals surface area contributed by atoms with E-state index in [4.69, 9.17) is 4.99 Å². The monoisotopic (exact) mass is 305 g/mol. The Hall–Kier alpha value is -1.16. The lowest BCUT2D eigenvalue weighted by Crippen LogP contribution is -2.46. The van der Waals surface area contributed by atoms with Crippen molar-refractivity contribution in [1.29, 1.82) is 0 Å². The number of aliphatic imine (C=N–C) groups is 1. The molecule has 0 radical (unpaired) electrons. The van der Waals surface area contributed by atoms with E-state index in [-0.39, 0.29) is 6.04 Å². The topological polar surface area (TPSA) is 35.9 Å². The quantitative estimate of drug-likeness (QED) is 0.748. The van der Waals surface area contributed by atoms with Crippen LogP contribution < -0.4 is 0 Å². The fourth-order valence-corrected chi connectivity index (χ4v) is 3.47. The summed E-state index contributed by atoms with van der Waals surface area (Å²) in [4.78, 5) is 21.8. The van der Waals surface area contributed by atoms with Crippen LogP contribution in [0.3, 0.4) is 0 Å². The van der Waals surface area contributed by atoms with Gasteiger partial charge in [0.1, 0.15) is 0 Å². The molecule has 0 aromatic carbocycles. The van der Waals surface area contributed by atoms with Crippen molar-refractivity contribution in [2.24, 2.45) is 10.9 Å². The molecule has 0 aromatic heterocycles. The second-order valence-corrected chi connectivity index (χ2v) is 6.99. The van der Waals surface area contributed by atoms with Crippen LogP contribution in [0.2, 0.25) is 0 Å². The Kier molecular flexibility index (Phi) is 5.79. The number of rotatable bonds is 4. The molecular formula is C18H31N3O. The van der Waals surface area contributed by atoms with Gasteiger partial charge in [0.15, 0.2) is 0 Å². The van der Waals surface area contributed by atoms with E-state index >= 15 is 0 Å². The van der Waals surface area contributed by atoms with E-state index in [1.165, 1.54) is 17.0 Å². The second kappa shape index (κ2) is 7.40. The molecule has 22 heavy (non-hydrogen) atoms. The van der Waals surface area contributed by atoms with Gasteiger partial charge in [-0.15, -0.1) is 0 Å². The molecule has 124 valence electrons. The molecule has 4 nitrogen and oxygen atoms in total. The van der Waals surface area contributed by atoms with Gasteiger partial charge in [0.05, 0.1) is 6.04 Å². The van der Waals surface area contributed by atoms with Crippen molar-refractivity contribution in [2.75, 3.05) is 26.7 Å². The van der Waals surface area contributed by atoms with Crippen LogP contribution in [0.15, 0.2) is 16.3 Å². The van der Waals surface area contributed by atoms with E-state index in [1.54, 1.807) is 0 Å². The van der Waals surface area contributed by atoms with E-state index in [0.717, 1.165) is 45.3 Å². The summed E-state index contributed by atoms with van der Waals surface area (Å²) in [6, 6.07) is 0.0970. The van der Waals surface area contributed by atoms with Crippen LogP contribution in [-0.2, 0) is 4.79 Å². The van der Waals surface area contributed by atoms with E-state index in [2.05, 4.69) is 39.6 Å². The molecule has 1 saturated heterocycles. The molecule has 2 heterocycles. The highest BCUT2D eigenvalue weighted by Gasteiger charge is 2.32.